The average molecular weight is 949 g/mol. The summed E-state index contributed by atoms with van der Waals surface area (Å²) in [6, 6.07) is -0.913. The molecule has 0 saturated heterocycles. The topological polar surface area (TPSA) is 108 Å². The quantitative estimate of drug-likeness (QED) is 0.0272. The van der Waals surface area contributed by atoms with Crippen LogP contribution in [0.1, 0.15) is 258 Å². The molecule has 0 fully saturated rings. The second-order valence-electron chi connectivity index (χ2n) is 20.3. The van der Waals surface area contributed by atoms with Crippen molar-refractivity contribution in [3.8, 4) is 0 Å². The van der Waals surface area contributed by atoms with Crippen molar-refractivity contribution >= 4 is 13.7 Å². The number of likely N-dealkylation sites (N-methyl/N-ethyl adjacent to an activating group) is 1. The third-order valence-electron chi connectivity index (χ3n) is 12.5. The Hall–Kier alpha value is -1.54. The monoisotopic (exact) mass is 949 g/mol. The van der Waals surface area contributed by atoms with Gasteiger partial charge < -0.3 is 28.8 Å². The van der Waals surface area contributed by atoms with Gasteiger partial charge in [-0.05, 0) is 70.6 Å². The Kier molecular flexibility index (Phi) is 47.4. The van der Waals surface area contributed by atoms with Crippen LogP contribution >= 0.6 is 7.82 Å². The summed E-state index contributed by atoms with van der Waals surface area (Å²) in [5.41, 5.74) is 0. The number of aliphatic hydroxyl groups excluding tert-OH is 1. The molecular formula is C57H109N2O6P. The Morgan fingerprint density at radius 2 is 0.848 bits per heavy atom. The lowest BCUT2D eigenvalue weighted by atomic mass is 10.0. The Labute approximate surface area is 409 Å². The molecule has 3 unspecified atom stereocenters. The van der Waals surface area contributed by atoms with E-state index >= 15 is 0 Å². The van der Waals surface area contributed by atoms with Gasteiger partial charge in [-0.2, -0.15) is 0 Å². The van der Waals surface area contributed by atoms with Crippen LogP contribution in [-0.2, 0) is 18.4 Å². The molecule has 0 radical (unpaired) electrons. The minimum absolute atomic E-state index is 0.0104. The van der Waals surface area contributed by atoms with Gasteiger partial charge in [0, 0.05) is 6.42 Å². The maximum atomic E-state index is 12.9. The molecule has 3 atom stereocenters. The molecule has 0 saturated carbocycles. The van der Waals surface area contributed by atoms with Crippen LogP contribution in [0.4, 0.5) is 0 Å². The first kappa shape index (κ1) is 64.5. The maximum Gasteiger partial charge on any atom is 0.268 e. The second-order valence-corrected chi connectivity index (χ2v) is 21.7. The van der Waals surface area contributed by atoms with Crippen molar-refractivity contribution in [2.45, 2.75) is 270 Å². The Morgan fingerprint density at radius 3 is 1.23 bits per heavy atom. The van der Waals surface area contributed by atoms with Crippen LogP contribution in [-0.4, -0.2) is 68.5 Å². The summed E-state index contributed by atoms with van der Waals surface area (Å²) in [5.74, 6) is -0.215. The van der Waals surface area contributed by atoms with E-state index in [9.17, 15) is 19.4 Å². The molecular weight excluding hydrogens is 840 g/mol. The Morgan fingerprint density at radius 1 is 0.515 bits per heavy atom. The molecule has 1 amide bonds. The molecule has 0 aliphatic heterocycles. The number of allylic oxidation sites excluding steroid dienone is 7. The van der Waals surface area contributed by atoms with E-state index < -0.39 is 26.6 Å². The lowest BCUT2D eigenvalue weighted by molar-refractivity contribution is -0.870. The van der Waals surface area contributed by atoms with Gasteiger partial charge in [-0.3, -0.25) is 9.36 Å². The fourth-order valence-corrected chi connectivity index (χ4v) is 8.79. The minimum atomic E-state index is -4.61. The normalized spacial score (nSPS) is 14.3. The van der Waals surface area contributed by atoms with Crippen LogP contribution in [0.5, 0.6) is 0 Å². The fraction of sp³-hybridized carbons (Fsp3) is 0.842. The number of carbonyl (C=O) groups excluding carboxylic acids is 1. The molecule has 9 heteroatoms. The summed E-state index contributed by atoms with van der Waals surface area (Å²) in [4.78, 5) is 25.4. The maximum absolute atomic E-state index is 12.9. The predicted octanol–water partition coefficient (Wildman–Crippen LogP) is 16.1. The largest absolute Gasteiger partial charge is 0.756 e. The van der Waals surface area contributed by atoms with E-state index in [1.54, 1.807) is 6.08 Å². The molecule has 0 rings (SSSR count). The number of nitrogens with one attached hydrogen (secondary N) is 1. The number of carbonyl (C=O) groups is 1. The van der Waals surface area contributed by atoms with Crippen molar-refractivity contribution in [3.63, 3.8) is 0 Å². The molecule has 0 aliphatic carbocycles. The zero-order chi connectivity index (χ0) is 48.5. The summed E-state index contributed by atoms with van der Waals surface area (Å²) in [6.45, 7) is 4.63. The SMILES string of the molecule is CCCCCCCC/C=C\CCCCCCCCCC(=O)NC(COP(=O)([O-])OCC[N+](C)(C)C)C(O)/C=C/CC/C=C/CC/C=C/CCCCCCCCCCCCCCCCCCC. The van der Waals surface area contributed by atoms with Gasteiger partial charge in [-0.1, -0.05) is 229 Å². The number of unbranched alkanes of at least 4 members (excludes halogenated alkanes) is 32. The van der Waals surface area contributed by atoms with Crippen LogP contribution in [0.2, 0.25) is 0 Å². The van der Waals surface area contributed by atoms with Gasteiger partial charge in [0.25, 0.3) is 7.82 Å². The number of quaternary nitrogens is 1. The third kappa shape index (κ3) is 50.3. The van der Waals surface area contributed by atoms with Gasteiger partial charge in [0.05, 0.1) is 39.9 Å². The first-order valence-corrected chi connectivity index (χ1v) is 29.5. The third-order valence-corrected chi connectivity index (χ3v) is 13.5. The molecule has 0 bridgehead atoms. The van der Waals surface area contributed by atoms with E-state index in [0.29, 0.717) is 17.4 Å². The lowest BCUT2D eigenvalue weighted by Crippen LogP contribution is -2.45. The Balaban J connectivity index is 4.29. The van der Waals surface area contributed by atoms with Crippen LogP contribution in [0, 0.1) is 0 Å². The zero-order valence-electron chi connectivity index (χ0n) is 44.1. The van der Waals surface area contributed by atoms with E-state index in [2.05, 4.69) is 55.6 Å². The molecule has 0 spiro atoms. The summed E-state index contributed by atoms with van der Waals surface area (Å²) >= 11 is 0. The first-order valence-electron chi connectivity index (χ1n) is 28.0. The van der Waals surface area contributed by atoms with E-state index in [4.69, 9.17) is 9.05 Å². The second kappa shape index (κ2) is 48.5. The number of amides is 1. The summed E-state index contributed by atoms with van der Waals surface area (Å²) in [5, 5.41) is 13.8. The molecule has 0 aliphatic rings. The highest BCUT2D eigenvalue weighted by Crippen LogP contribution is 2.38. The van der Waals surface area contributed by atoms with Crippen molar-refractivity contribution in [2.24, 2.45) is 0 Å². The van der Waals surface area contributed by atoms with Crippen LogP contribution in [0.25, 0.3) is 0 Å². The van der Waals surface area contributed by atoms with Gasteiger partial charge in [0.15, 0.2) is 0 Å². The smallest absolute Gasteiger partial charge is 0.268 e. The van der Waals surface area contributed by atoms with E-state index in [0.717, 1.165) is 44.9 Å². The highest BCUT2D eigenvalue weighted by Gasteiger charge is 2.23. The van der Waals surface area contributed by atoms with Gasteiger partial charge in [0.2, 0.25) is 5.91 Å². The molecule has 2 N–H and O–H groups in total. The van der Waals surface area contributed by atoms with Gasteiger partial charge >= 0.3 is 0 Å². The number of phosphoric ester groups is 1. The highest BCUT2D eigenvalue weighted by molar-refractivity contribution is 7.45. The number of hydrogen-bond donors (Lipinski definition) is 2. The molecule has 388 valence electrons. The van der Waals surface area contributed by atoms with E-state index in [1.165, 1.54) is 193 Å². The minimum Gasteiger partial charge on any atom is -0.756 e. The molecule has 0 aromatic heterocycles. The van der Waals surface area contributed by atoms with Crippen molar-refractivity contribution in [1.82, 2.24) is 5.32 Å². The number of phosphoric acid groups is 1. The predicted molar refractivity (Wildman–Crippen MR) is 284 cm³/mol. The number of aliphatic hydroxyl groups is 1. The molecule has 8 nitrogen and oxygen atoms in total. The summed E-state index contributed by atoms with van der Waals surface area (Å²) < 4.78 is 23.3. The standard InChI is InChI=1S/C57H109N2O6P/c1-6-8-10-12-14-16-18-20-22-24-25-26-27-28-29-30-31-32-33-35-36-38-40-42-44-46-48-50-56(60)55(54-65-66(62,63)64-53-52-59(3,4)5)58-57(61)51-49-47-45-43-41-39-37-34-23-21-19-17-15-13-11-9-7-2/h21,23,33,35,40,42,48,50,55-56,60H,6-20,22,24-32,34,36-39,41,43-47,49,51-54H2,1-5H3,(H-,58,61,62,63)/b23-21-,35-33+,42-40+,50-48+. The summed E-state index contributed by atoms with van der Waals surface area (Å²) in [7, 11) is 1.23. The number of rotatable bonds is 51. The summed E-state index contributed by atoms with van der Waals surface area (Å²) in [6.07, 6.45) is 63.3. The fourth-order valence-electron chi connectivity index (χ4n) is 8.06. The zero-order valence-corrected chi connectivity index (χ0v) is 45.0. The lowest BCUT2D eigenvalue weighted by Gasteiger charge is -2.29. The van der Waals surface area contributed by atoms with E-state index in [1.807, 2.05) is 27.2 Å². The molecule has 66 heavy (non-hydrogen) atoms. The van der Waals surface area contributed by atoms with Gasteiger partial charge in [-0.15, -0.1) is 0 Å². The number of hydrogen-bond acceptors (Lipinski definition) is 6. The molecule has 0 aromatic carbocycles. The Bertz CT molecular complexity index is 1210. The molecule has 0 aromatic rings. The average Bonchev–Trinajstić information content (AvgIpc) is 3.28. The van der Waals surface area contributed by atoms with Gasteiger partial charge in [0.1, 0.15) is 13.2 Å². The van der Waals surface area contributed by atoms with Gasteiger partial charge in [-0.25, -0.2) is 0 Å². The van der Waals surface area contributed by atoms with Crippen molar-refractivity contribution in [2.75, 3.05) is 40.9 Å². The van der Waals surface area contributed by atoms with Crippen LogP contribution < -0.4 is 10.2 Å². The first-order chi connectivity index (χ1) is 32.0. The molecule has 0 heterocycles. The van der Waals surface area contributed by atoms with Crippen molar-refractivity contribution < 1.29 is 32.9 Å². The number of nitrogens with zero attached hydrogens (tertiary/aromatic N) is 1. The highest BCUT2D eigenvalue weighted by atomic mass is 31.2. The van der Waals surface area contributed by atoms with Crippen LogP contribution in [0.15, 0.2) is 48.6 Å². The van der Waals surface area contributed by atoms with E-state index in [-0.39, 0.29) is 12.5 Å². The van der Waals surface area contributed by atoms with Crippen LogP contribution in [0.3, 0.4) is 0 Å². The van der Waals surface area contributed by atoms with Crippen molar-refractivity contribution in [3.05, 3.63) is 48.6 Å². The van der Waals surface area contributed by atoms with Crippen molar-refractivity contribution in [1.29, 1.82) is 0 Å².